The molecule has 2 N–H and O–H groups in total. The summed E-state index contributed by atoms with van der Waals surface area (Å²) in [5.74, 6) is 2.23. The molecule has 4 nitrogen and oxygen atoms in total. The van der Waals surface area contributed by atoms with Gasteiger partial charge in [-0.15, -0.1) is 0 Å². The largest absolute Gasteiger partial charge is 0.489 e. The second kappa shape index (κ2) is 5.73. The Kier molecular flexibility index (Phi) is 3.80. The van der Waals surface area contributed by atoms with E-state index in [0.29, 0.717) is 13.2 Å². The predicted octanol–water partition coefficient (Wildman–Crippen LogP) is 3.22. The molecule has 2 aromatic carbocycles. The van der Waals surface area contributed by atoms with Gasteiger partial charge in [0.1, 0.15) is 12.4 Å². The molecule has 0 aromatic heterocycles. The zero-order valence-corrected chi connectivity index (χ0v) is 12.4. The van der Waals surface area contributed by atoms with Gasteiger partial charge in [-0.25, -0.2) is 0 Å². The minimum atomic E-state index is 0.269. The SMILES string of the molecule is NCc1ccc(COc2ccc3c(c2)OCO3)c(Br)c1. The summed E-state index contributed by atoms with van der Waals surface area (Å²) in [5.41, 5.74) is 7.76. The second-order valence-electron chi connectivity index (χ2n) is 4.43. The molecule has 104 valence electrons. The van der Waals surface area contributed by atoms with E-state index in [4.69, 9.17) is 19.9 Å². The van der Waals surface area contributed by atoms with Crippen molar-refractivity contribution >= 4 is 15.9 Å². The Morgan fingerprint density at radius 2 is 1.95 bits per heavy atom. The molecule has 20 heavy (non-hydrogen) atoms. The molecule has 0 atom stereocenters. The van der Waals surface area contributed by atoms with Crippen LogP contribution in [0.5, 0.6) is 17.2 Å². The fourth-order valence-electron chi connectivity index (χ4n) is 1.96. The van der Waals surface area contributed by atoms with E-state index in [9.17, 15) is 0 Å². The monoisotopic (exact) mass is 335 g/mol. The lowest BCUT2D eigenvalue weighted by atomic mass is 10.1. The van der Waals surface area contributed by atoms with Crippen molar-refractivity contribution in [3.8, 4) is 17.2 Å². The van der Waals surface area contributed by atoms with E-state index in [0.717, 1.165) is 32.8 Å². The maximum atomic E-state index is 5.77. The van der Waals surface area contributed by atoms with Crippen LogP contribution in [0, 0.1) is 0 Å². The first kappa shape index (κ1) is 13.3. The Morgan fingerprint density at radius 1 is 1.10 bits per heavy atom. The summed E-state index contributed by atoms with van der Waals surface area (Å²) in [4.78, 5) is 0. The van der Waals surface area contributed by atoms with Crippen molar-refractivity contribution in [2.75, 3.05) is 6.79 Å². The van der Waals surface area contributed by atoms with Gasteiger partial charge in [0.15, 0.2) is 11.5 Å². The quantitative estimate of drug-likeness (QED) is 0.932. The van der Waals surface area contributed by atoms with Crippen molar-refractivity contribution in [3.63, 3.8) is 0 Å². The molecule has 0 saturated heterocycles. The van der Waals surface area contributed by atoms with Crippen molar-refractivity contribution in [2.24, 2.45) is 5.73 Å². The summed E-state index contributed by atoms with van der Waals surface area (Å²) < 4.78 is 17.4. The number of fused-ring (bicyclic) bond motifs is 1. The third-order valence-electron chi connectivity index (χ3n) is 3.09. The maximum absolute atomic E-state index is 5.77. The van der Waals surface area contributed by atoms with Gasteiger partial charge < -0.3 is 19.9 Å². The second-order valence-corrected chi connectivity index (χ2v) is 5.29. The van der Waals surface area contributed by atoms with Crippen LogP contribution in [0.25, 0.3) is 0 Å². The summed E-state index contributed by atoms with van der Waals surface area (Å²) in [5, 5.41) is 0. The van der Waals surface area contributed by atoms with Gasteiger partial charge in [-0.05, 0) is 23.8 Å². The van der Waals surface area contributed by atoms with Crippen LogP contribution in [0.4, 0.5) is 0 Å². The average molecular weight is 336 g/mol. The lowest BCUT2D eigenvalue weighted by Gasteiger charge is -2.09. The van der Waals surface area contributed by atoms with E-state index in [1.165, 1.54) is 0 Å². The van der Waals surface area contributed by atoms with E-state index in [1.54, 1.807) is 0 Å². The first-order valence-electron chi connectivity index (χ1n) is 6.26. The average Bonchev–Trinajstić information content (AvgIpc) is 2.93. The van der Waals surface area contributed by atoms with Gasteiger partial charge in [0.05, 0.1) is 0 Å². The normalized spacial score (nSPS) is 12.5. The van der Waals surface area contributed by atoms with Crippen molar-refractivity contribution in [1.82, 2.24) is 0 Å². The van der Waals surface area contributed by atoms with Crippen LogP contribution in [0.15, 0.2) is 40.9 Å². The highest BCUT2D eigenvalue weighted by molar-refractivity contribution is 9.10. The van der Waals surface area contributed by atoms with Gasteiger partial charge in [0.25, 0.3) is 0 Å². The zero-order chi connectivity index (χ0) is 13.9. The lowest BCUT2D eigenvalue weighted by molar-refractivity contribution is 0.173. The summed E-state index contributed by atoms with van der Waals surface area (Å²) in [7, 11) is 0. The minimum absolute atomic E-state index is 0.269. The predicted molar refractivity (Wildman–Crippen MR) is 78.9 cm³/mol. The van der Waals surface area contributed by atoms with E-state index in [2.05, 4.69) is 15.9 Å². The third-order valence-corrected chi connectivity index (χ3v) is 3.83. The number of hydrogen-bond donors (Lipinski definition) is 1. The Balaban J connectivity index is 1.70. The van der Waals surface area contributed by atoms with Gasteiger partial charge in [-0.2, -0.15) is 0 Å². The van der Waals surface area contributed by atoms with Crippen LogP contribution in [0.2, 0.25) is 0 Å². The fraction of sp³-hybridized carbons (Fsp3) is 0.200. The van der Waals surface area contributed by atoms with Gasteiger partial charge in [0, 0.05) is 22.6 Å². The molecule has 0 radical (unpaired) electrons. The first-order chi connectivity index (χ1) is 9.76. The van der Waals surface area contributed by atoms with Gasteiger partial charge in [0.2, 0.25) is 6.79 Å². The van der Waals surface area contributed by atoms with Crippen molar-refractivity contribution < 1.29 is 14.2 Å². The molecule has 0 saturated carbocycles. The van der Waals surface area contributed by atoms with Crippen molar-refractivity contribution in [3.05, 3.63) is 52.0 Å². The Morgan fingerprint density at radius 3 is 2.75 bits per heavy atom. The van der Waals surface area contributed by atoms with Gasteiger partial charge in [-0.1, -0.05) is 28.1 Å². The molecule has 1 heterocycles. The fourth-order valence-corrected chi connectivity index (χ4v) is 2.50. The van der Waals surface area contributed by atoms with E-state index >= 15 is 0 Å². The number of halogens is 1. The highest BCUT2D eigenvalue weighted by Crippen LogP contribution is 2.35. The first-order valence-corrected chi connectivity index (χ1v) is 7.05. The van der Waals surface area contributed by atoms with Crippen LogP contribution in [-0.4, -0.2) is 6.79 Å². The summed E-state index contributed by atoms with van der Waals surface area (Å²) in [6.45, 7) is 1.28. The topological polar surface area (TPSA) is 53.7 Å². The highest BCUT2D eigenvalue weighted by atomic mass is 79.9. The molecule has 1 aliphatic heterocycles. The molecule has 0 aliphatic carbocycles. The molecule has 2 aromatic rings. The molecule has 0 unspecified atom stereocenters. The molecule has 1 aliphatic rings. The van der Waals surface area contributed by atoms with Crippen LogP contribution in [-0.2, 0) is 13.2 Å². The van der Waals surface area contributed by atoms with Crippen LogP contribution < -0.4 is 19.9 Å². The van der Waals surface area contributed by atoms with Crippen molar-refractivity contribution in [2.45, 2.75) is 13.2 Å². The van der Waals surface area contributed by atoms with E-state index < -0.39 is 0 Å². The van der Waals surface area contributed by atoms with Crippen LogP contribution >= 0.6 is 15.9 Å². The minimum Gasteiger partial charge on any atom is -0.489 e. The standard InChI is InChI=1S/C15H14BrNO3/c16-13-5-10(7-17)1-2-11(13)8-18-12-3-4-14-15(6-12)20-9-19-14/h1-6H,7-9,17H2. The molecule has 0 fully saturated rings. The van der Waals surface area contributed by atoms with Crippen LogP contribution in [0.1, 0.15) is 11.1 Å². The van der Waals surface area contributed by atoms with Crippen molar-refractivity contribution in [1.29, 1.82) is 0 Å². The van der Waals surface area contributed by atoms with Gasteiger partial charge in [-0.3, -0.25) is 0 Å². The Labute approximate surface area is 125 Å². The maximum Gasteiger partial charge on any atom is 0.231 e. The number of hydrogen-bond acceptors (Lipinski definition) is 4. The third kappa shape index (κ3) is 2.73. The molecule has 5 heteroatoms. The summed E-state index contributed by atoms with van der Waals surface area (Å²) in [6, 6.07) is 11.6. The smallest absolute Gasteiger partial charge is 0.231 e. The molecule has 0 spiro atoms. The number of ether oxygens (including phenoxy) is 3. The summed E-state index contributed by atoms with van der Waals surface area (Å²) in [6.07, 6.45) is 0. The molecule has 0 amide bonds. The highest BCUT2D eigenvalue weighted by Gasteiger charge is 2.13. The van der Waals surface area contributed by atoms with E-state index in [1.807, 2.05) is 36.4 Å². The Bertz CT molecular complexity index is 631. The molecular weight excluding hydrogens is 322 g/mol. The number of nitrogens with two attached hydrogens (primary N) is 1. The molecule has 3 rings (SSSR count). The molecule has 0 bridgehead atoms. The van der Waals surface area contributed by atoms with Gasteiger partial charge >= 0.3 is 0 Å². The Hall–Kier alpha value is -1.72. The van der Waals surface area contributed by atoms with Crippen LogP contribution in [0.3, 0.4) is 0 Å². The number of rotatable bonds is 4. The summed E-state index contributed by atoms with van der Waals surface area (Å²) >= 11 is 3.53. The number of benzene rings is 2. The zero-order valence-electron chi connectivity index (χ0n) is 10.8. The lowest BCUT2D eigenvalue weighted by Crippen LogP contribution is -2.00. The molecular formula is C15H14BrNO3. The van der Waals surface area contributed by atoms with E-state index in [-0.39, 0.29) is 6.79 Å².